The molecule has 16 heavy (non-hydrogen) atoms. The number of carbonyl (C=O) groups excluding carboxylic acids is 1. The summed E-state index contributed by atoms with van der Waals surface area (Å²) in [5, 5.41) is 3.01. The highest BCUT2D eigenvalue weighted by Gasteiger charge is 2.09. The molecule has 0 spiro atoms. The second-order valence-electron chi connectivity index (χ2n) is 3.31. The fraction of sp³-hybridized carbons (Fsp3) is 0.400. The number of primary amides is 1. The lowest BCUT2D eigenvalue weighted by Crippen LogP contribution is -2.44. The highest BCUT2D eigenvalue weighted by molar-refractivity contribution is 5.79. The third-order valence-corrected chi connectivity index (χ3v) is 2.09. The zero-order valence-electron chi connectivity index (χ0n) is 9.14. The Balaban J connectivity index is 2.45. The van der Waals surface area contributed by atoms with Crippen LogP contribution in [-0.2, 0) is 11.3 Å². The van der Waals surface area contributed by atoms with E-state index in [1.165, 1.54) is 0 Å². The van der Waals surface area contributed by atoms with Gasteiger partial charge in [0, 0.05) is 24.8 Å². The van der Waals surface area contributed by atoms with Crippen molar-refractivity contribution in [1.29, 1.82) is 0 Å². The maximum Gasteiger partial charge on any atom is 0.235 e. The molecule has 0 aliphatic heterocycles. The molecule has 0 saturated carbocycles. The van der Waals surface area contributed by atoms with E-state index in [0.29, 0.717) is 19.0 Å². The number of nitrogens with two attached hydrogens (primary N) is 2. The molecule has 1 amide bonds. The molecular weight excluding hydrogens is 208 g/mol. The van der Waals surface area contributed by atoms with E-state index in [0.717, 1.165) is 5.56 Å². The Bertz CT molecular complexity index is 356. The predicted octanol–water partition coefficient (Wildman–Crippen LogP) is -1.01. The van der Waals surface area contributed by atoms with Gasteiger partial charge in [-0.2, -0.15) is 0 Å². The van der Waals surface area contributed by atoms with Crippen LogP contribution >= 0.6 is 0 Å². The number of rotatable bonds is 6. The summed E-state index contributed by atoms with van der Waals surface area (Å²) in [5.41, 5.74) is 11.4. The average molecular weight is 224 g/mol. The molecule has 88 valence electrons. The number of hydrogen-bond acceptors (Lipinski definition) is 5. The molecule has 0 fully saturated rings. The number of pyridine rings is 1. The van der Waals surface area contributed by atoms with Crippen molar-refractivity contribution in [2.75, 3.05) is 13.7 Å². The molecule has 1 aromatic heterocycles. The number of nitrogens with one attached hydrogen (secondary N) is 1. The SMILES string of the molecule is COc1ncccc1CNCC(N)C(N)=O. The third-order valence-electron chi connectivity index (χ3n) is 2.09. The molecule has 0 saturated heterocycles. The summed E-state index contributed by atoms with van der Waals surface area (Å²) in [5.74, 6) is 0.0355. The van der Waals surface area contributed by atoms with Gasteiger partial charge in [-0.3, -0.25) is 4.79 Å². The van der Waals surface area contributed by atoms with Gasteiger partial charge >= 0.3 is 0 Å². The minimum Gasteiger partial charge on any atom is -0.481 e. The molecule has 6 nitrogen and oxygen atoms in total. The van der Waals surface area contributed by atoms with Crippen molar-refractivity contribution >= 4 is 5.91 Å². The Labute approximate surface area is 94.0 Å². The van der Waals surface area contributed by atoms with Crippen LogP contribution in [0.1, 0.15) is 5.56 Å². The van der Waals surface area contributed by atoms with Crippen LogP contribution in [0.3, 0.4) is 0 Å². The number of hydrogen-bond donors (Lipinski definition) is 3. The Kier molecular flexibility index (Phi) is 4.68. The summed E-state index contributed by atoms with van der Waals surface area (Å²) in [6.45, 7) is 0.853. The Morgan fingerprint density at radius 3 is 3.06 bits per heavy atom. The van der Waals surface area contributed by atoms with Gasteiger partial charge in [0.25, 0.3) is 0 Å². The lowest BCUT2D eigenvalue weighted by Gasteiger charge is -2.10. The highest BCUT2D eigenvalue weighted by Crippen LogP contribution is 2.12. The van der Waals surface area contributed by atoms with E-state index in [4.69, 9.17) is 16.2 Å². The van der Waals surface area contributed by atoms with E-state index in [-0.39, 0.29) is 0 Å². The van der Waals surface area contributed by atoms with E-state index in [9.17, 15) is 4.79 Å². The Morgan fingerprint density at radius 2 is 2.44 bits per heavy atom. The van der Waals surface area contributed by atoms with E-state index < -0.39 is 11.9 Å². The number of methoxy groups -OCH3 is 1. The Morgan fingerprint density at radius 1 is 1.69 bits per heavy atom. The van der Waals surface area contributed by atoms with Gasteiger partial charge in [0.1, 0.15) is 0 Å². The van der Waals surface area contributed by atoms with E-state index in [1.807, 2.05) is 12.1 Å². The lowest BCUT2D eigenvalue weighted by atomic mass is 10.2. The molecule has 0 bridgehead atoms. The molecule has 0 radical (unpaired) electrons. The molecule has 1 rings (SSSR count). The minimum atomic E-state index is -0.678. The normalized spacial score (nSPS) is 12.1. The van der Waals surface area contributed by atoms with Crippen molar-refractivity contribution in [3.63, 3.8) is 0 Å². The van der Waals surface area contributed by atoms with Crippen molar-refractivity contribution in [3.05, 3.63) is 23.9 Å². The molecular formula is C10H16N4O2. The molecule has 0 aliphatic rings. The highest BCUT2D eigenvalue weighted by atomic mass is 16.5. The topological polar surface area (TPSA) is 103 Å². The fourth-order valence-electron chi connectivity index (χ4n) is 1.21. The number of nitrogens with zero attached hydrogens (tertiary/aromatic N) is 1. The third kappa shape index (κ3) is 3.48. The van der Waals surface area contributed by atoms with E-state index in [1.54, 1.807) is 13.3 Å². The molecule has 6 heteroatoms. The van der Waals surface area contributed by atoms with Gasteiger partial charge in [0.2, 0.25) is 11.8 Å². The van der Waals surface area contributed by atoms with Gasteiger partial charge in [-0.05, 0) is 6.07 Å². The van der Waals surface area contributed by atoms with Gasteiger partial charge in [0.15, 0.2) is 0 Å². The first kappa shape index (κ1) is 12.4. The van der Waals surface area contributed by atoms with Crippen LogP contribution in [0.25, 0.3) is 0 Å². The van der Waals surface area contributed by atoms with Crippen molar-refractivity contribution in [1.82, 2.24) is 10.3 Å². The van der Waals surface area contributed by atoms with Crippen LogP contribution in [0, 0.1) is 0 Å². The molecule has 1 atom stereocenters. The average Bonchev–Trinajstić information content (AvgIpc) is 2.29. The molecule has 0 aromatic carbocycles. The first-order valence-corrected chi connectivity index (χ1v) is 4.88. The fourth-order valence-corrected chi connectivity index (χ4v) is 1.21. The first-order chi connectivity index (χ1) is 7.65. The monoisotopic (exact) mass is 224 g/mol. The van der Waals surface area contributed by atoms with Gasteiger partial charge in [-0.1, -0.05) is 6.07 Å². The molecule has 1 heterocycles. The summed E-state index contributed by atoms with van der Waals surface area (Å²) in [4.78, 5) is 14.7. The second kappa shape index (κ2) is 6.04. The van der Waals surface area contributed by atoms with Crippen LogP contribution in [0.4, 0.5) is 0 Å². The van der Waals surface area contributed by atoms with Gasteiger partial charge < -0.3 is 21.5 Å². The predicted molar refractivity (Wildman–Crippen MR) is 59.7 cm³/mol. The zero-order valence-corrected chi connectivity index (χ0v) is 9.14. The lowest BCUT2D eigenvalue weighted by molar-refractivity contribution is -0.119. The maximum absolute atomic E-state index is 10.7. The summed E-state index contributed by atoms with van der Waals surface area (Å²) >= 11 is 0. The largest absolute Gasteiger partial charge is 0.481 e. The molecule has 0 aliphatic carbocycles. The summed E-state index contributed by atoms with van der Waals surface area (Å²) in [6, 6.07) is 3.02. The molecule has 5 N–H and O–H groups in total. The van der Waals surface area contributed by atoms with Gasteiger partial charge in [0.05, 0.1) is 13.2 Å². The van der Waals surface area contributed by atoms with Crippen LogP contribution in [0.5, 0.6) is 5.88 Å². The maximum atomic E-state index is 10.7. The summed E-state index contributed by atoms with van der Waals surface area (Å²) in [6.07, 6.45) is 1.65. The zero-order chi connectivity index (χ0) is 12.0. The van der Waals surface area contributed by atoms with E-state index >= 15 is 0 Å². The van der Waals surface area contributed by atoms with Crippen LogP contribution in [0.15, 0.2) is 18.3 Å². The molecule has 1 aromatic rings. The van der Waals surface area contributed by atoms with Gasteiger partial charge in [-0.25, -0.2) is 4.98 Å². The minimum absolute atomic E-state index is 0.327. The Hall–Kier alpha value is -1.66. The smallest absolute Gasteiger partial charge is 0.235 e. The standard InChI is InChI=1S/C10H16N4O2/c1-16-10-7(3-2-4-14-10)5-13-6-8(11)9(12)15/h2-4,8,13H,5-6,11H2,1H3,(H2,12,15). The van der Waals surface area contributed by atoms with Gasteiger partial charge in [-0.15, -0.1) is 0 Å². The van der Waals surface area contributed by atoms with Crippen LogP contribution in [-0.4, -0.2) is 30.6 Å². The second-order valence-corrected chi connectivity index (χ2v) is 3.31. The quantitative estimate of drug-likeness (QED) is 0.574. The molecule has 1 unspecified atom stereocenters. The van der Waals surface area contributed by atoms with Crippen LogP contribution < -0.4 is 21.5 Å². The number of aromatic nitrogens is 1. The first-order valence-electron chi connectivity index (χ1n) is 4.88. The van der Waals surface area contributed by atoms with E-state index in [2.05, 4.69) is 10.3 Å². The summed E-state index contributed by atoms with van der Waals surface area (Å²) < 4.78 is 5.08. The number of ether oxygens (including phenoxy) is 1. The van der Waals surface area contributed by atoms with Crippen LogP contribution in [0.2, 0.25) is 0 Å². The summed E-state index contributed by atoms with van der Waals surface area (Å²) in [7, 11) is 1.56. The number of carbonyl (C=O) groups is 1. The number of amides is 1. The van der Waals surface area contributed by atoms with Crippen molar-refractivity contribution in [3.8, 4) is 5.88 Å². The van der Waals surface area contributed by atoms with Crippen molar-refractivity contribution in [2.24, 2.45) is 11.5 Å². The van der Waals surface area contributed by atoms with Crippen molar-refractivity contribution < 1.29 is 9.53 Å². The van der Waals surface area contributed by atoms with Crippen molar-refractivity contribution in [2.45, 2.75) is 12.6 Å².